The largest absolute Gasteiger partial charge is 0.307 e. The molecule has 266 valence electrons. The maximum Gasteiger partial charge on any atom is 0.148 e. The number of benzene rings is 9. The lowest BCUT2D eigenvalue weighted by Crippen LogP contribution is -2.13. The molecule has 0 spiro atoms. The lowest BCUT2D eigenvalue weighted by atomic mass is 9.93. The van der Waals surface area contributed by atoms with Crippen molar-refractivity contribution in [2.24, 2.45) is 0 Å². The van der Waals surface area contributed by atoms with Gasteiger partial charge in [0.2, 0.25) is 0 Å². The Balaban J connectivity index is 1.20. The topological polar surface area (TPSA) is 3.24 Å². The molecule has 0 unspecified atom stereocenters. The van der Waals surface area contributed by atoms with Crippen molar-refractivity contribution >= 4 is 17.1 Å². The third-order valence-corrected chi connectivity index (χ3v) is 10.3. The molecule has 0 aliphatic heterocycles. The Hall–Kier alpha value is -7.29. The van der Waals surface area contributed by atoms with E-state index in [0.717, 1.165) is 78.1 Å². The summed E-state index contributed by atoms with van der Waals surface area (Å²) in [5.41, 5.74) is 14.8. The van der Waals surface area contributed by atoms with E-state index in [4.69, 9.17) is 0 Å². The number of anilines is 3. The molecule has 2 heteroatoms. The molecule has 0 aromatic heterocycles. The quantitative estimate of drug-likeness (QED) is 0.144. The number of hydrogen-bond donors (Lipinski definition) is 0. The van der Waals surface area contributed by atoms with Crippen molar-refractivity contribution in [3.05, 3.63) is 236 Å². The van der Waals surface area contributed by atoms with E-state index in [1.165, 1.54) is 0 Å². The third kappa shape index (κ3) is 7.16. The first-order chi connectivity index (χ1) is 27.7. The fraction of sp³-hybridized carbons (Fsp3) is 0. The van der Waals surface area contributed by atoms with Gasteiger partial charge in [-0.1, -0.05) is 176 Å². The van der Waals surface area contributed by atoms with Crippen LogP contribution < -0.4 is 4.90 Å². The minimum atomic E-state index is -0.301. The second-order valence-electron chi connectivity index (χ2n) is 13.9. The molecule has 0 saturated heterocycles. The van der Waals surface area contributed by atoms with Gasteiger partial charge in [0.1, 0.15) is 5.82 Å². The molecule has 9 aromatic rings. The summed E-state index contributed by atoms with van der Waals surface area (Å²) in [6, 6.07) is 79.0. The van der Waals surface area contributed by atoms with Gasteiger partial charge in [0, 0.05) is 16.9 Å². The van der Waals surface area contributed by atoms with Gasteiger partial charge in [-0.25, -0.2) is 4.39 Å². The average molecular weight is 720 g/mol. The van der Waals surface area contributed by atoms with E-state index in [1.54, 1.807) is 6.07 Å². The molecule has 0 saturated carbocycles. The van der Waals surface area contributed by atoms with Crippen LogP contribution in [0.1, 0.15) is 0 Å². The Labute approximate surface area is 328 Å². The summed E-state index contributed by atoms with van der Waals surface area (Å²) in [7, 11) is 0. The lowest BCUT2D eigenvalue weighted by molar-refractivity contribution is 0.630. The highest BCUT2D eigenvalue weighted by molar-refractivity contribution is 5.92. The number of halogens is 1. The zero-order chi connectivity index (χ0) is 37.7. The van der Waals surface area contributed by atoms with E-state index in [-0.39, 0.29) is 5.82 Å². The van der Waals surface area contributed by atoms with Gasteiger partial charge < -0.3 is 4.90 Å². The molecule has 0 bridgehead atoms. The van der Waals surface area contributed by atoms with Gasteiger partial charge in [0.25, 0.3) is 0 Å². The summed E-state index contributed by atoms with van der Waals surface area (Å²) in [6.45, 7) is 0. The summed E-state index contributed by atoms with van der Waals surface area (Å²) < 4.78 is 17.2. The van der Waals surface area contributed by atoms with Crippen LogP contribution in [-0.2, 0) is 0 Å². The van der Waals surface area contributed by atoms with Crippen molar-refractivity contribution in [1.29, 1.82) is 0 Å². The molecule has 0 atom stereocenters. The number of nitrogens with zero attached hydrogens (tertiary/aromatic N) is 1. The SMILES string of the molecule is Fc1cc(-c2ccccc2)cc(-c2ccccc2)c1N(c1ccc(-c2ccccc2)cc1)c1ccc(-c2cc(-c3ccccc3)cc(-c3ccccc3)c2)cc1. The molecule has 0 radical (unpaired) electrons. The van der Waals surface area contributed by atoms with Crippen molar-refractivity contribution in [2.45, 2.75) is 0 Å². The van der Waals surface area contributed by atoms with Gasteiger partial charge in [-0.2, -0.15) is 0 Å². The Morgan fingerprint density at radius 1 is 0.250 bits per heavy atom. The number of rotatable bonds is 9. The zero-order valence-corrected chi connectivity index (χ0v) is 30.8. The standard InChI is InChI=1S/C54H38FN/c55-53-38-49(42-22-12-4-13-23-42)37-52(45-24-14-5-15-25-45)54(53)56(50-30-26-43(27-31-50)39-16-6-1-7-17-39)51-32-28-44(29-33-51)48-35-46(40-18-8-2-9-19-40)34-47(36-48)41-20-10-3-11-21-41/h1-38H. The van der Waals surface area contributed by atoms with Crippen LogP contribution in [0.25, 0.3) is 66.8 Å². The Bertz CT molecular complexity index is 2640. The van der Waals surface area contributed by atoms with Crippen LogP contribution in [-0.4, -0.2) is 0 Å². The minimum Gasteiger partial charge on any atom is -0.307 e. The second kappa shape index (κ2) is 15.6. The molecule has 0 aliphatic carbocycles. The predicted octanol–water partition coefficient (Wildman–Crippen LogP) is 15.3. The Kier molecular flexibility index (Phi) is 9.60. The molecule has 0 amide bonds. The van der Waals surface area contributed by atoms with Crippen molar-refractivity contribution < 1.29 is 4.39 Å². The van der Waals surface area contributed by atoms with Crippen LogP contribution in [0, 0.1) is 5.82 Å². The molecule has 9 rings (SSSR count). The molecule has 0 heterocycles. The minimum absolute atomic E-state index is 0.301. The normalized spacial score (nSPS) is 10.9. The predicted molar refractivity (Wildman–Crippen MR) is 234 cm³/mol. The van der Waals surface area contributed by atoms with E-state index in [0.29, 0.717) is 5.69 Å². The van der Waals surface area contributed by atoms with Gasteiger partial charge in [-0.3, -0.25) is 0 Å². The molecule has 0 aliphatic rings. The molecule has 0 fully saturated rings. The third-order valence-electron chi connectivity index (χ3n) is 10.3. The molecule has 56 heavy (non-hydrogen) atoms. The van der Waals surface area contributed by atoms with E-state index < -0.39 is 0 Å². The maximum absolute atomic E-state index is 17.2. The highest BCUT2D eigenvalue weighted by atomic mass is 19.1. The van der Waals surface area contributed by atoms with Crippen LogP contribution in [0.15, 0.2) is 231 Å². The zero-order valence-electron chi connectivity index (χ0n) is 30.8. The van der Waals surface area contributed by atoms with Crippen molar-refractivity contribution in [3.8, 4) is 66.8 Å². The van der Waals surface area contributed by atoms with Crippen molar-refractivity contribution in [3.63, 3.8) is 0 Å². The Morgan fingerprint density at radius 3 is 0.911 bits per heavy atom. The summed E-state index contributed by atoms with van der Waals surface area (Å²) >= 11 is 0. The fourth-order valence-corrected chi connectivity index (χ4v) is 7.49. The molecular weight excluding hydrogens is 682 g/mol. The van der Waals surface area contributed by atoms with E-state index in [2.05, 4.69) is 150 Å². The fourth-order valence-electron chi connectivity index (χ4n) is 7.49. The first-order valence-electron chi connectivity index (χ1n) is 18.9. The van der Waals surface area contributed by atoms with E-state index in [1.807, 2.05) is 78.9 Å². The van der Waals surface area contributed by atoms with E-state index in [9.17, 15) is 0 Å². The van der Waals surface area contributed by atoms with E-state index >= 15 is 4.39 Å². The maximum atomic E-state index is 17.2. The monoisotopic (exact) mass is 719 g/mol. The highest BCUT2D eigenvalue weighted by Crippen LogP contribution is 2.45. The van der Waals surface area contributed by atoms with Gasteiger partial charge in [-0.15, -0.1) is 0 Å². The van der Waals surface area contributed by atoms with Gasteiger partial charge >= 0.3 is 0 Å². The van der Waals surface area contributed by atoms with Crippen molar-refractivity contribution in [2.75, 3.05) is 4.90 Å². The van der Waals surface area contributed by atoms with Crippen LogP contribution in [0.3, 0.4) is 0 Å². The highest BCUT2D eigenvalue weighted by Gasteiger charge is 2.23. The van der Waals surface area contributed by atoms with Crippen LogP contribution in [0.5, 0.6) is 0 Å². The first kappa shape index (κ1) is 34.5. The molecular formula is C54H38FN. The summed E-state index contributed by atoms with van der Waals surface area (Å²) in [5.74, 6) is -0.301. The lowest BCUT2D eigenvalue weighted by Gasteiger charge is -2.29. The van der Waals surface area contributed by atoms with Crippen LogP contribution in [0.2, 0.25) is 0 Å². The first-order valence-corrected chi connectivity index (χ1v) is 18.9. The van der Waals surface area contributed by atoms with Crippen LogP contribution >= 0.6 is 0 Å². The number of hydrogen-bond acceptors (Lipinski definition) is 1. The van der Waals surface area contributed by atoms with Gasteiger partial charge in [0.05, 0.1) is 5.69 Å². The molecule has 9 aromatic carbocycles. The summed E-state index contributed by atoms with van der Waals surface area (Å²) in [4.78, 5) is 2.06. The van der Waals surface area contributed by atoms with Gasteiger partial charge in [-0.05, 0) is 116 Å². The Morgan fingerprint density at radius 2 is 0.536 bits per heavy atom. The smallest absolute Gasteiger partial charge is 0.148 e. The van der Waals surface area contributed by atoms with Gasteiger partial charge in [0.15, 0.2) is 0 Å². The van der Waals surface area contributed by atoms with Crippen molar-refractivity contribution in [1.82, 2.24) is 0 Å². The summed E-state index contributed by atoms with van der Waals surface area (Å²) in [5, 5.41) is 0. The second-order valence-corrected chi connectivity index (χ2v) is 13.9. The average Bonchev–Trinajstić information content (AvgIpc) is 3.28. The molecule has 0 N–H and O–H groups in total. The molecule has 1 nitrogen and oxygen atoms in total. The summed E-state index contributed by atoms with van der Waals surface area (Å²) in [6.07, 6.45) is 0. The van der Waals surface area contributed by atoms with Crippen LogP contribution in [0.4, 0.5) is 21.5 Å².